The number of aromatic nitrogens is 2. The van der Waals surface area contributed by atoms with Gasteiger partial charge in [0.1, 0.15) is 10.8 Å². The van der Waals surface area contributed by atoms with E-state index in [-0.39, 0.29) is 23.5 Å². The van der Waals surface area contributed by atoms with Crippen LogP contribution in [0, 0.1) is 0 Å². The molecule has 1 amide bonds. The van der Waals surface area contributed by atoms with Crippen molar-refractivity contribution in [2.45, 2.75) is 56.7 Å². The number of fused-ring (bicyclic) bond motifs is 1. The molecule has 0 spiro atoms. The van der Waals surface area contributed by atoms with Crippen LogP contribution in [0.5, 0.6) is 5.75 Å². The first-order valence-electron chi connectivity index (χ1n) is 10.5. The molecule has 1 N–H and O–H groups in total. The van der Waals surface area contributed by atoms with Crippen molar-refractivity contribution in [3.05, 3.63) is 46.0 Å². The summed E-state index contributed by atoms with van der Waals surface area (Å²) in [5.41, 5.74) is 2.58. The minimum Gasteiger partial charge on any atom is -0.492 e. The van der Waals surface area contributed by atoms with Crippen LogP contribution in [0.25, 0.3) is 0 Å². The van der Waals surface area contributed by atoms with Crippen LogP contribution in [0.4, 0.5) is 5.69 Å². The second-order valence-corrected chi connectivity index (χ2v) is 8.45. The Morgan fingerprint density at radius 3 is 3.00 bits per heavy atom. The maximum absolute atomic E-state index is 12.7. The molecular weight excluding hydrogens is 402 g/mol. The van der Waals surface area contributed by atoms with E-state index in [0.717, 1.165) is 50.0 Å². The number of benzene rings is 1. The maximum Gasteiger partial charge on any atom is 0.348 e. The Labute approximate surface area is 180 Å². The summed E-state index contributed by atoms with van der Waals surface area (Å²) < 4.78 is 13.1. The lowest BCUT2D eigenvalue weighted by molar-refractivity contribution is -0.113. The molecule has 4 rings (SSSR count). The minimum absolute atomic E-state index is 0.101. The van der Waals surface area contributed by atoms with E-state index in [4.69, 9.17) is 9.47 Å². The Balaban J connectivity index is 1.45. The number of thioether (sulfide) groups is 1. The van der Waals surface area contributed by atoms with Gasteiger partial charge in [-0.15, -0.1) is 0 Å². The highest BCUT2D eigenvalue weighted by Crippen LogP contribution is 2.30. The van der Waals surface area contributed by atoms with E-state index in [1.165, 1.54) is 11.8 Å². The molecule has 1 unspecified atom stereocenters. The second-order valence-electron chi connectivity index (χ2n) is 7.49. The number of carbonyl (C=O) groups is 1. The molecule has 2 heterocycles. The van der Waals surface area contributed by atoms with Crippen LogP contribution in [-0.4, -0.2) is 40.5 Å². The Bertz CT molecular complexity index is 969. The molecule has 2 aromatic rings. The number of nitrogens with one attached hydrogen (secondary N) is 1. The summed E-state index contributed by atoms with van der Waals surface area (Å²) in [6, 6.07) is 7.37. The van der Waals surface area contributed by atoms with E-state index >= 15 is 0 Å². The third-order valence-electron chi connectivity index (χ3n) is 5.41. The quantitative estimate of drug-likeness (QED) is 0.513. The third kappa shape index (κ3) is 4.70. The lowest BCUT2D eigenvalue weighted by Crippen LogP contribution is -2.31. The molecule has 160 valence electrons. The van der Waals surface area contributed by atoms with Crippen LogP contribution in [-0.2, 0) is 28.9 Å². The Morgan fingerprint density at radius 2 is 2.20 bits per heavy atom. The molecule has 1 aromatic heterocycles. The van der Waals surface area contributed by atoms with Crippen molar-refractivity contribution >= 4 is 23.4 Å². The van der Waals surface area contributed by atoms with Crippen molar-refractivity contribution in [2.75, 3.05) is 24.3 Å². The van der Waals surface area contributed by atoms with Crippen LogP contribution < -0.4 is 15.7 Å². The highest BCUT2D eigenvalue weighted by Gasteiger charge is 2.25. The monoisotopic (exact) mass is 429 g/mol. The van der Waals surface area contributed by atoms with Gasteiger partial charge in [-0.25, -0.2) is 4.79 Å². The lowest BCUT2D eigenvalue weighted by atomic mass is 10.2. The molecule has 1 fully saturated rings. The summed E-state index contributed by atoms with van der Waals surface area (Å²) in [5.74, 6) is 0.688. The number of hydrogen-bond donors (Lipinski definition) is 1. The van der Waals surface area contributed by atoms with Crippen LogP contribution >= 0.6 is 11.8 Å². The number of rotatable bonds is 8. The van der Waals surface area contributed by atoms with Gasteiger partial charge >= 0.3 is 5.69 Å². The fraction of sp³-hybridized carbons (Fsp3) is 0.500. The second kappa shape index (κ2) is 9.66. The molecule has 0 bridgehead atoms. The van der Waals surface area contributed by atoms with E-state index in [1.54, 1.807) is 4.57 Å². The Hall–Kier alpha value is -2.32. The Kier molecular flexibility index (Phi) is 6.74. The van der Waals surface area contributed by atoms with Gasteiger partial charge in [-0.05, 0) is 51.2 Å². The fourth-order valence-electron chi connectivity index (χ4n) is 4.06. The molecule has 2 aliphatic rings. The number of anilines is 1. The van der Waals surface area contributed by atoms with Gasteiger partial charge in [0.15, 0.2) is 0 Å². The number of nitrogens with zero attached hydrogens (tertiary/aromatic N) is 2. The van der Waals surface area contributed by atoms with Crippen LogP contribution in [0.1, 0.15) is 37.4 Å². The fourth-order valence-corrected chi connectivity index (χ4v) is 4.93. The largest absolute Gasteiger partial charge is 0.492 e. The zero-order valence-electron chi connectivity index (χ0n) is 17.2. The average Bonchev–Trinajstić information content (AvgIpc) is 3.42. The predicted octanol–water partition coefficient (Wildman–Crippen LogP) is 3.04. The van der Waals surface area contributed by atoms with Crippen LogP contribution in [0.3, 0.4) is 0 Å². The number of ether oxygens (including phenoxy) is 2. The molecule has 30 heavy (non-hydrogen) atoms. The van der Waals surface area contributed by atoms with Gasteiger partial charge in [-0.1, -0.05) is 23.9 Å². The standard InChI is InChI=1S/C22H27N3O4S/c1-2-28-19-11-4-3-9-17(19)23-20(26)14-30-21-16-8-5-10-18(16)25(22(27)24-21)13-15-7-6-12-29-15/h3-4,9,11,15H,2,5-8,10,12-14H2,1H3,(H,23,26). The molecule has 7 nitrogen and oxygen atoms in total. The zero-order chi connectivity index (χ0) is 20.9. The topological polar surface area (TPSA) is 82.5 Å². The number of hydrogen-bond acceptors (Lipinski definition) is 6. The van der Waals surface area contributed by atoms with Crippen molar-refractivity contribution in [1.29, 1.82) is 0 Å². The van der Waals surface area contributed by atoms with Crippen LogP contribution in [0.2, 0.25) is 0 Å². The lowest BCUT2D eigenvalue weighted by Gasteiger charge is -2.17. The van der Waals surface area contributed by atoms with Crippen molar-refractivity contribution in [3.63, 3.8) is 0 Å². The molecule has 1 aliphatic heterocycles. The number of amides is 1. The van der Waals surface area contributed by atoms with Gasteiger partial charge in [-0.2, -0.15) is 4.98 Å². The normalized spacial score (nSPS) is 17.7. The highest BCUT2D eigenvalue weighted by atomic mass is 32.2. The molecule has 1 atom stereocenters. The van der Waals surface area contributed by atoms with Crippen LogP contribution in [0.15, 0.2) is 34.1 Å². The summed E-state index contributed by atoms with van der Waals surface area (Å²) in [6.45, 7) is 3.78. The average molecular weight is 430 g/mol. The van der Waals surface area contributed by atoms with Gasteiger partial charge < -0.3 is 14.8 Å². The summed E-state index contributed by atoms with van der Waals surface area (Å²) >= 11 is 1.33. The molecule has 1 aliphatic carbocycles. The molecule has 0 saturated carbocycles. The first-order valence-corrected chi connectivity index (χ1v) is 11.5. The summed E-state index contributed by atoms with van der Waals surface area (Å²) in [4.78, 5) is 29.5. The van der Waals surface area contributed by atoms with Gasteiger partial charge in [0.05, 0.1) is 30.7 Å². The van der Waals surface area contributed by atoms with Crippen molar-refractivity contribution in [3.8, 4) is 5.75 Å². The van der Waals surface area contributed by atoms with Gasteiger partial charge in [0, 0.05) is 17.9 Å². The SMILES string of the molecule is CCOc1ccccc1NC(=O)CSc1nc(=O)n(CC2CCCO2)c2c1CCC2. The van der Waals surface area contributed by atoms with Crippen molar-refractivity contribution in [2.24, 2.45) is 0 Å². The molecular formula is C22H27N3O4S. The number of para-hydroxylation sites is 2. The maximum atomic E-state index is 12.7. The summed E-state index contributed by atoms with van der Waals surface area (Å²) in [6.07, 6.45) is 4.91. The van der Waals surface area contributed by atoms with E-state index in [2.05, 4.69) is 10.3 Å². The molecule has 0 radical (unpaired) electrons. The van der Waals surface area contributed by atoms with Gasteiger partial charge in [0.2, 0.25) is 5.91 Å². The summed E-state index contributed by atoms with van der Waals surface area (Å²) in [5, 5.41) is 3.58. The smallest absolute Gasteiger partial charge is 0.348 e. The van der Waals surface area contributed by atoms with E-state index in [9.17, 15) is 9.59 Å². The highest BCUT2D eigenvalue weighted by molar-refractivity contribution is 8.00. The molecule has 8 heteroatoms. The van der Waals surface area contributed by atoms with Crippen molar-refractivity contribution < 1.29 is 14.3 Å². The van der Waals surface area contributed by atoms with E-state index < -0.39 is 0 Å². The summed E-state index contributed by atoms with van der Waals surface area (Å²) in [7, 11) is 0. The van der Waals surface area contributed by atoms with Gasteiger partial charge in [0.25, 0.3) is 0 Å². The molecule has 1 aromatic carbocycles. The van der Waals surface area contributed by atoms with E-state index in [1.807, 2.05) is 31.2 Å². The number of carbonyl (C=O) groups excluding carboxylic acids is 1. The third-order valence-corrected chi connectivity index (χ3v) is 6.43. The first-order chi connectivity index (χ1) is 14.7. The Morgan fingerprint density at radius 1 is 1.33 bits per heavy atom. The predicted molar refractivity (Wildman–Crippen MR) is 116 cm³/mol. The van der Waals surface area contributed by atoms with Crippen molar-refractivity contribution in [1.82, 2.24) is 9.55 Å². The van der Waals surface area contributed by atoms with E-state index in [0.29, 0.717) is 29.6 Å². The first kappa shape index (κ1) is 20.9. The van der Waals surface area contributed by atoms with Gasteiger partial charge in [-0.3, -0.25) is 9.36 Å². The molecule has 1 saturated heterocycles. The minimum atomic E-state index is -0.240. The zero-order valence-corrected chi connectivity index (χ0v) is 18.0.